The van der Waals surface area contributed by atoms with Gasteiger partial charge in [0.1, 0.15) is 0 Å². The fourth-order valence-corrected chi connectivity index (χ4v) is 1.76. The van der Waals surface area contributed by atoms with Crippen LogP contribution < -0.4 is 0 Å². The zero-order valence-corrected chi connectivity index (χ0v) is 8.10. The van der Waals surface area contributed by atoms with Gasteiger partial charge in [0.2, 0.25) is 0 Å². The molecule has 0 amide bonds. The van der Waals surface area contributed by atoms with Gasteiger partial charge in [-0.15, -0.1) is 0 Å². The van der Waals surface area contributed by atoms with Crippen molar-refractivity contribution in [2.24, 2.45) is 5.92 Å². The SMILES string of the molecule is CCCCC(C)C1=CCCC1=O. The van der Waals surface area contributed by atoms with Crippen molar-refractivity contribution in [2.75, 3.05) is 0 Å². The van der Waals surface area contributed by atoms with Gasteiger partial charge in [-0.05, 0) is 24.3 Å². The van der Waals surface area contributed by atoms with Crippen LogP contribution in [0.1, 0.15) is 46.0 Å². The highest BCUT2D eigenvalue weighted by Gasteiger charge is 2.19. The van der Waals surface area contributed by atoms with Gasteiger partial charge >= 0.3 is 0 Å². The van der Waals surface area contributed by atoms with Crippen LogP contribution in [0.4, 0.5) is 0 Å². The van der Waals surface area contributed by atoms with Crippen molar-refractivity contribution in [3.05, 3.63) is 11.6 Å². The van der Waals surface area contributed by atoms with E-state index >= 15 is 0 Å². The molecule has 0 heterocycles. The van der Waals surface area contributed by atoms with Crippen molar-refractivity contribution in [1.29, 1.82) is 0 Å². The second-order valence-electron chi connectivity index (χ2n) is 3.66. The molecule has 1 atom stereocenters. The third-order valence-electron chi connectivity index (χ3n) is 2.58. The number of Topliss-reactive ketones (excluding diaryl/α,β-unsaturated/α-hetero) is 1. The van der Waals surface area contributed by atoms with Crippen LogP contribution in [0.3, 0.4) is 0 Å². The highest BCUT2D eigenvalue weighted by Crippen LogP contribution is 2.25. The van der Waals surface area contributed by atoms with Gasteiger partial charge < -0.3 is 0 Å². The zero-order valence-electron chi connectivity index (χ0n) is 8.10. The number of ketones is 1. The van der Waals surface area contributed by atoms with E-state index in [9.17, 15) is 4.79 Å². The Morgan fingerprint density at radius 1 is 1.58 bits per heavy atom. The third kappa shape index (κ3) is 2.20. The molecule has 0 spiro atoms. The highest BCUT2D eigenvalue weighted by molar-refractivity contribution is 5.97. The van der Waals surface area contributed by atoms with Gasteiger partial charge in [0.05, 0.1) is 0 Å². The Bertz CT molecular complexity index is 191. The minimum Gasteiger partial charge on any atom is -0.295 e. The normalized spacial score (nSPS) is 19.5. The third-order valence-corrected chi connectivity index (χ3v) is 2.58. The van der Waals surface area contributed by atoms with Gasteiger partial charge in [-0.3, -0.25) is 4.79 Å². The maximum absolute atomic E-state index is 11.3. The molecule has 0 radical (unpaired) electrons. The lowest BCUT2D eigenvalue weighted by atomic mass is 9.94. The highest BCUT2D eigenvalue weighted by atomic mass is 16.1. The summed E-state index contributed by atoms with van der Waals surface area (Å²) in [6.45, 7) is 4.36. The summed E-state index contributed by atoms with van der Waals surface area (Å²) < 4.78 is 0. The van der Waals surface area contributed by atoms with Crippen LogP contribution in [0, 0.1) is 5.92 Å². The molecule has 0 aromatic carbocycles. The summed E-state index contributed by atoms with van der Waals surface area (Å²) in [4.78, 5) is 11.3. The van der Waals surface area contributed by atoms with Gasteiger partial charge in [0, 0.05) is 6.42 Å². The number of carbonyl (C=O) groups is 1. The summed E-state index contributed by atoms with van der Waals surface area (Å²) in [5.41, 5.74) is 1.10. The fraction of sp³-hybridized carbons (Fsp3) is 0.727. The Kier molecular flexibility index (Phi) is 3.51. The van der Waals surface area contributed by atoms with E-state index in [-0.39, 0.29) is 0 Å². The lowest BCUT2D eigenvalue weighted by molar-refractivity contribution is -0.115. The lowest BCUT2D eigenvalue weighted by Gasteiger charge is -2.10. The summed E-state index contributed by atoms with van der Waals surface area (Å²) in [5, 5.41) is 0. The van der Waals surface area contributed by atoms with Crippen molar-refractivity contribution in [3.8, 4) is 0 Å². The smallest absolute Gasteiger partial charge is 0.159 e. The predicted octanol–water partition coefficient (Wildman–Crippen LogP) is 3.10. The Labute approximate surface area is 74.9 Å². The summed E-state index contributed by atoms with van der Waals surface area (Å²) in [6.07, 6.45) is 7.50. The van der Waals surface area contributed by atoms with Crippen LogP contribution in [0.25, 0.3) is 0 Å². The number of carbonyl (C=O) groups excluding carboxylic acids is 1. The van der Waals surface area contributed by atoms with E-state index in [1.807, 2.05) is 0 Å². The lowest BCUT2D eigenvalue weighted by Crippen LogP contribution is -2.05. The molecule has 0 aliphatic heterocycles. The first-order chi connectivity index (χ1) is 5.75. The Morgan fingerprint density at radius 2 is 2.33 bits per heavy atom. The van der Waals surface area contributed by atoms with Crippen LogP contribution in [0.2, 0.25) is 0 Å². The van der Waals surface area contributed by atoms with Crippen molar-refractivity contribution in [3.63, 3.8) is 0 Å². The molecule has 1 aliphatic rings. The fourth-order valence-electron chi connectivity index (χ4n) is 1.76. The van der Waals surface area contributed by atoms with Gasteiger partial charge in [0.25, 0.3) is 0 Å². The summed E-state index contributed by atoms with van der Waals surface area (Å²) >= 11 is 0. The molecule has 1 heteroatoms. The van der Waals surface area contributed by atoms with E-state index in [1.54, 1.807) is 0 Å². The second kappa shape index (κ2) is 4.44. The molecule has 0 saturated heterocycles. The molecule has 1 unspecified atom stereocenters. The average molecular weight is 166 g/mol. The van der Waals surface area contributed by atoms with Crippen LogP contribution in [-0.4, -0.2) is 5.78 Å². The maximum Gasteiger partial charge on any atom is 0.159 e. The first-order valence-electron chi connectivity index (χ1n) is 4.99. The van der Waals surface area contributed by atoms with Crippen molar-refractivity contribution >= 4 is 5.78 Å². The van der Waals surface area contributed by atoms with E-state index < -0.39 is 0 Å². The molecule has 1 rings (SSSR count). The molecule has 0 aromatic heterocycles. The standard InChI is InChI=1S/C11H18O/c1-3-4-6-9(2)10-7-5-8-11(10)12/h7,9H,3-6,8H2,1-2H3. The molecule has 1 aliphatic carbocycles. The van der Waals surface area contributed by atoms with Crippen LogP contribution in [0.5, 0.6) is 0 Å². The minimum absolute atomic E-state index is 0.388. The Balaban J connectivity index is 2.41. The minimum atomic E-state index is 0.388. The quantitative estimate of drug-likeness (QED) is 0.627. The van der Waals surface area contributed by atoms with Crippen LogP contribution in [0.15, 0.2) is 11.6 Å². The molecule has 12 heavy (non-hydrogen) atoms. The van der Waals surface area contributed by atoms with E-state index in [0.717, 1.165) is 18.4 Å². The number of hydrogen-bond donors (Lipinski definition) is 0. The molecule has 68 valence electrons. The van der Waals surface area contributed by atoms with Crippen LogP contribution >= 0.6 is 0 Å². The largest absolute Gasteiger partial charge is 0.295 e. The van der Waals surface area contributed by atoms with E-state index in [2.05, 4.69) is 19.9 Å². The van der Waals surface area contributed by atoms with Crippen molar-refractivity contribution in [2.45, 2.75) is 46.0 Å². The van der Waals surface area contributed by atoms with Crippen LogP contribution in [-0.2, 0) is 4.79 Å². The monoisotopic (exact) mass is 166 g/mol. The van der Waals surface area contributed by atoms with E-state index in [4.69, 9.17) is 0 Å². The molecule has 0 bridgehead atoms. The van der Waals surface area contributed by atoms with E-state index in [0.29, 0.717) is 11.7 Å². The molecular formula is C11H18O. The van der Waals surface area contributed by atoms with Gasteiger partial charge in [-0.1, -0.05) is 32.8 Å². The predicted molar refractivity (Wildman–Crippen MR) is 51.0 cm³/mol. The molecule has 0 saturated carbocycles. The first-order valence-corrected chi connectivity index (χ1v) is 4.99. The van der Waals surface area contributed by atoms with Crippen molar-refractivity contribution in [1.82, 2.24) is 0 Å². The second-order valence-corrected chi connectivity index (χ2v) is 3.66. The topological polar surface area (TPSA) is 17.1 Å². The zero-order chi connectivity index (χ0) is 8.97. The average Bonchev–Trinajstić information content (AvgIpc) is 2.47. The van der Waals surface area contributed by atoms with Gasteiger partial charge in [-0.25, -0.2) is 0 Å². The molecule has 1 nitrogen and oxygen atoms in total. The van der Waals surface area contributed by atoms with E-state index in [1.165, 1.54) is 19.3 Å². The number of rotatable bonds is 4. The summed E-state index contributed by atoms with van der Waals surface area (Å²) in [5.74, 6) is 0.888. The molecule has 0 N–H and O–H groups in total. The summed E-state index contributed by atoms with van der Waals surface area (Å²) in [7, 11) is 0. The Morgan fingerprint density at radius 3 is 2.83 bits per heavy atom. The number of hydrogen-bond acceptors (Lipinski definition) is 1. The molecule has 0 aromatic rings. The van der Waals surface area contributed by atoms with Crippen molar-refractivity contribution < 1.29 is 4.79 Å². The number of unbranched alkanes of at least 4 members (excludes halogenated alkanes) is 1. The number of allylic oxidation sites excluding steroid dienone is 2. The molecule has 0 fully saturated rings. The Hall–Kier alpha value is -0.590. The summed E-state index contributed by atoms with van der Waals surface area (Å²) in [6, 6.07) is 0. The maximum atomic E-state index is 11.3. The first kappa shape index (κ1) is 9.50. The van der Waals surface area contributed by atoms with Gasteiger partial charge in [-0.2, -0.15) is 0 Å². The van der Waals surface area contributed by atoms with Gasteiger partial charge in [0.15, 0.2) is 5.78 Å². The molecular weight excluding hydrogens is 148 g/mol.